The van der Waals surface area contributed by atoms with E-state index in [1.165, 1.54) is 16.6 Å². The predicted octanol–water partition coefficient (Wildman–Crippen LogP) is 6.33. The number of nitrogens with zero attached hydrogens (tertiary/aromatic N) is 2. The van der Waals surface area contributed by atoms with Gasteiger partial charge in [0.25, 0.3) is 5.56 Å². The highest BCUT2D eigenvalue weighted by atomic mass is 35.5. The first-order chi connectivity index (χ1) is 16.4. The highest BCUT2D eigenvalue weighted by Crippen LogP contribution is 2.36. The van der Waals surface area contributed by atoms with E-state index < -0.39 is 0 Å². The van der Waals surface area contributed by atoms with Crippen LogP contribution in [0, 0.1) is 13.8 Å². The van der Waals surface area contributed by atoms with Crippen molar-refractivity contribution in [2.24, 2.45) is 0 Å². The lowest BCUT2D eigenvalue weighted by atomic mass is 9.97. The minimum Gasteiger partial charge on any atom is -0.325 e. The molecule has 0 radical (unpaired) electrons. The van der Waals surface area contributed by atoms with E-state index in [1.54, 1.807) is 15.9 Å². The molecule has 34 heavy (non-hydrogen) atoms. The number of halogens is 1. The number of amides is 1. The van der Waals surface area contributed by atoms with Crippen molar-refractivity contribution in [1.29, 1.82) is 0 Å². The van der Waals surface area contributed by atoms with Crippen LogP contribution in [0.5, 0.6) is 0 Å². The highest BCUT2D eigenvalue weighted by molar-refractivity contribution is 7.99. The zero-order valence-electron chi connectivity index (χ0n) is 19.0. The van der Waals surface area contributed by atoms with Crippen molar-refractivity contribution in [3.8, 4) is 5.69 Å². The number of aromatic nitrogens is 2. The molecule has 0 aliphatic heterocycles. The SMILES string of the molecule is Cc1ccc(NC(=O)CSc2nc3sc4c(c3c(=O)n2-c2cccc(Cl)c2C)CCCC4)cc1. The largest absolute Gasteiger partial charge is 0.325 e. The Morgan fingerprint density at radius 2 is 1.91 bits per heavy atom. The number of nitrogens with one attached hydrogen (secondary N) is 1. The number of anilines is 1. The lowest BCUT2D eigenvalue weighted by molar-refractivity contribution is -0.113. The third kappa shape index (κ3) is 4.40. The average Bonchev–Trinajstić information content (AvgIpc) is 3.20. The first-order valence-corrected chi connectivity index (χ1v) is 13.4. The van der Waals surface area contributed by atoms with Crippen LogP contribution in [0.25, 0.3) is 15.9 Å². The molecule has 1 amide bonds. The van der Waals surface area contributed by atoms with Crippen molar-refractivity contribution in [2.45, 2.75) is 44.7 Å². The maximum atomic E-state index is 13.9. The zero-order valence-corrected chi connectivity index (χ0v) is 21.4. The summed E-state index contributed by atoms with van der Waals surface area (Å²) in [5.41, 5.74) is 4.44. The maximum absolute atomic E-state index is 13.9. The monoisotopic (exact) mass is 509 g/mol. The van der Waals surface area contributed by atoms with Crippen molar-refractivity contribution >= 4 is 56.5 Å². The Balaban J connectivity index is 1.55. The minimum atomic E-state index is -0.150. The second-order valence-corrected chi connectivity index (χ2v) is 10.9. The van der Waals surface area contributed by atoms with Gasteiger partial charge in [0.15, 0.2) is 5.16 Å². The van der Waals surface area contributed by atoms with Crippen molar-refractivity contribution in [3.05, 3.63) is 79.4 Å². The second-order valence-electron chi connectivity index (χ2n) is 8.51. The quantitative estimate of drug-likeness (QED) is 0.252. The molecule has 0 unspecified atom stereocenters. The molecule has 0 saturated heterocycles. The fourth-order valence-electron chi connectivity index (χ4n) is 4.30. The molecule has 1 N–H and O–H groups in total. The Labute approximate surface area is 211 Å². The summed E-state index contributed by atoms with van der Waals surface area (Å²) in [4.78, 5) is 33.5. The van der Waals surface area contributed by atoms with E-state index in [0.29, 0.717) is 21.3 Å². The van der Waals surface area contributed by atoms with E-state index in [4.69, 9.17) is 16.6 Å². The molecule has 0 atom stereocenters. The van der Waals surface area contributed by atoms with Gasteiger partial charge in [0.2, 0.25) is 5.91 Å². The molecule has 174 valence electrons. The lowest BCUT2D eigenvalue weighted by Crippen LogP contribution is -2.24. The summed E-state index contributed by atoms with van der Waals surface area (Å²) in [7, 11) is 0. The number of hydrogen-bond donors (Lipinski definition) is 1. The summed E-state index contributed by atoms with van der Waals surface area (Å²) in [6, 6.07) is 13.2. The van der Waals surface area contributed by atoms with Crippen LogP contribution >= 0.6 is 34.7 Å². The molecule has 4 aromatic rings. The van der Waals surface area contributed by atoms with Gasteiger partial charge in [-0.05, 0) is 74.9 Å². The van der Waals surface area contributed by atoms with Crippen LogP contribution in [0.3, 0.4) is 0 Å². The standard InChI is InChI=1S/C26H24ClN3O2S2/c1-15-10-12-17(13-11-15)28-22(31)14-33-26-29-24-23(18-6-3-4-9-21(18)34-24)25(32)30(26)20-8-5-7-19(27)16(20)2/h5,7-8,10-13H,3-4,6,9,14H2,1-2H3,(H,28,31). The first kappa shape index (κ1) is 23.1. The summed E-state index contributed by atoms with van der Waals surface area (Å²) < 4.78 is 1.63. The van der Waals surface area contributed by atoms with Crippen molar-refractivity contribution in [1.82, 2.24) is 9.55 Å². The second kappa shape index (κ2) is 9.56. The number of benzene rings is 2. The van der Waals surface area contributed by atoms with E-state index >= 15 is 0 Å². The van der Waals surface area contributed by atoms with E-state index in [2.05, 4.69) is 5.32 Å². The predicted molar refractivity (Wildman–Crippen MR) is 142 cm³/mol. The van der Waals surface area contributed by atoms with E-state index in [0.717, 1.165) is 52.9 Å². The Bertz CT molecular complexity index is 1460. The van der Waals surface area contributed by atoms with E-state index in [-0.39, 0.29) is 17.2 Å². The fraction of sp³-hybridized carbons (Fsp3) is 0.269. The number of rotatable bonds is 5. The van der Waals surface area contributed by atoms with Crippen LogP contribution in [0.2, 0.25) is 5.02 Å². The van der Waals surface area contributed by atoms with Crippen LogP contribution in [-0.4, -0.2) is 21.2 Å². The molecule has 1 aliphatic carbocycles. The molecule has 0 saturated carbocycles. The van der Waals surface area contributed by atoms with Gasteiger partial charge in [-0.15, -0.1) is 11.3 Å². The zero-order chi connectivity index (χ0) is 23.8. The van der Waals surface area contributed by atoms with Gasteiger partial charge in [-0.3, -0.25) is 14.2 Å². The van der Waals surface area contributed by atoms with Gasteiger partial charge in [-0.1, -0.05) is 47.1 Å². The lowest BCUT2D eigenvalue weighted by Gasteiger charge is -2.16. The van der Waals surface area contributed by atoms with Gasteiger partial charge < -0.3 is 5.32 Å². The van der Waals surface area contributed by atoms with Crippen molar-refractivity contribution in [3.63, 3.8) is 0 Å². The molecule has 0 spiro atoms. The number of carbonyl (C=O) groups is 1. The molecule has 5 rings (SSSR count). The maximum Gasteiger partial charge on any atom is 0.267 e. The summed E-state index contributed by atoms with van der Waals surface area (Å²) in [6.07, 6.45) is 4.13. The number of thioether (sulfide) groups is 1. The van der Waals surface area contributed by atoms with Gasteiger partial charge in [-0.25, -0.2) is 4.98 Å². The molecular weight excluding hydrogens is 486 g/mol. The normalized spacial score (nSPS) is 13.1. The molecule has 5 nitrogen and oxygen atoms in total. The van der Waals surface area contributed by atoms with Gasteiger partial charge in [0.1, 0.15) is 4.83 Å². The van der Waals surface area contributed by atoms with Gasteiger partial charge in [-0.2, -0.15) is 0 Å². The number of fused-ring (bicyclic) bond motifs is 3. The molecule has 2 heterocycles. The van der Waals surface area contributed by atoms with Gasteiger partial charge in [0.05, 0.1) is 16.8 Å². The van der Waals surface area contributed by atoms with Crippen LogP contribution in [0.1, 0.15) is 34.4 Å². The van der Waals surface area contributed by atoms with Gasteiger partial charge >= 0.3 is 0 Å². The fourth-order valence-corrected chi connectivity index (χ4v) is 6.58. The Hall–Kier alpha value is -2.61. The smallest absolute Gasteiger partial charge is 0.267 e. The number of thiophene rings is 1. The van der Waals surface area contributed by atoms with Crippen LogP contribution in [-0.2, 0) is 17.6 Å². The minimum absolute atomic E-state index is 0.0868. The van der Waals surface area contributed by atoms with Crippen molar-refractivity contribution < 1.29 is 4.79 Å². The molecule has 2 aromatic heterocycles. The number of carbonyl (C=O) groups excluding carboxylic acids is 1. The number of aryl methyl sites for hydroxylation is 3. The van der Waals surface area contributed by atoms with Crippen molar-refractivity contribution in [2.75, 3.05) is 11.1 Å². The highest BCUT2D eigenvalue weighted by Gasteiger charge is 2.24. The van der Waals surface area contributed by atoms with E-state index in [1.807, 2.05) is 56.3 Å². The van der Waals surface area contributed by atoms with Crippen LogP contribution < -0.4 is 10.9 Å². The molecule has 2 aromatic carbocycles. The summed E-state index contributed by atoms with van der Waals surface area (Å²) in [5, 5.41) is 4.72. The molecular formula is C26H24ClN3O2S2. The Morgan fingerprint density at radius 3 is 2.71 bits per heavy atom. The molecule has 0 fully saturated rings. The number of hydrogen-bond acceptors (Lipinski definition) is 5. The molecule has 8 heteroatoms. The molecule has 1 aliphatic rings. The topological polar surface area (TPSA) is 64.0 Å². The Morgan fingerprint density at radius 1 is 1.15 bits per heavy atom. The van der Waals surface area contributed by atoms with E-state index in [9.17, 15) is 9.59 Å². The van der Waals surface area contributed by atoms with Crippen LogP contribution in [0.15, 0.2) is 52.4 Å². The Kier molecular flexibility index (Phi) is 6.51. The molecule has 0 bridgehead atoms. The van der Waals surface area contributed by atoms with Crippen LogP contribution in [0.4, 0.5) is 5.69 Å². The summed E-state index contributed by atoms with van der Waals surface area (Å²) >= 11 is 9.28. The third-order valence-corrected chi connectivity index (χ3v) is 8.64. The third-order valence-electron chi connectivity index (χ3n) is 6.11. The first-order valence-electron chi connectivity index (χ1n) is 11.2. The van der Waals surface area contributed by atoms with Gasteiger partial charge in [0, 0.05) is 15.6 Å². The average molecular weight is 510 g/mol. The summed E-state index contributed by atoms with van der Waals surface area (Å²) in [6.45, 7) is 3.90. The summed E-state index contributed by atoms with van der Waals surface area (Å²) in [5.74, 6) is -0.0145.